The van der Waals surface area contributed by atoms with Gasteiger partial charge in [0.1, 0.15) is 0 Å². The Bertz CT molecular complexity index is 407. The molecule has 0 spiro atoms. The van der Waals surface area contributed by atoms with Gasteiger partial charge in [0.25, 0.3) is 0 Å². The van der Waals surface area contributed by atoms with Crippen LogP contribution in [-0.4, -0.2) is 38.3 Å². The van der Waals surface area contributed by atoms with Gasteiger partial charge >= 0.3 is 0 Å². The Labute approximate surface area is 120 Å². The van der Waals surface area contributed by atoms with Gasteiger partial charge in [-0.05, 0) is 26.8 Å². The van der Waals surface area contributed by atoms with Gasteiger partial charge in [0.05, 0.1) is 12.3 Å². The van der Waals surface area contributed by atoms with E-state index in [1.165, 1.54) is 22.1 Å². The van der Waals surface area contributed by atoms with E-state index < -0.39 is 0 Å². The van der Waals surface area contributed by atoms with E-state index in [0.29, 0.717) is 12.0 Å². The minimum atomic E-state index is 0.397. The van der Waals surface area contributed by atoms with Gasteiger partial charge in [-0.15, -0.1) is 11.3 Å². The second-order valence-electron chi connectivity index (χ2n) is 5.28. The number of hydrogen-bond acceptors (Lipinski definition) is 5. The predicted molar refractivity (Wildman–Crippen MR) is 81.1 cm³/mol. The molecule has 5 heteroatoms. The van der Waals surface area contributed by atoms with Crippen LogP contribution >= 0.6 is 11.3 Å². The van der Waals surface area contributed by atoms with Crippen LogP contribution in [0.1, 0.15) is 36.9 Å². The Hall–Kier alpha value is -0.650. The standard InChI is InChI=1S/C14H25N3OS/c1-5-15-10(2)13-11(3)16-14(19-13)17-7-6-12(8-17)9-18-4/h10,12,15H,5-9H2,1-4H3. The minimum Gasteiger partial charge on any atom is -0.384 e. The van der Waals surface area contributed by atoms with Crippen LogP contribution in [0.15, 0.2) is 0 Å². The molecular weight excluding hydrogens is 258 g/mol. The fraction of sp³-hybridized carbons (Fsp3) is 0.786. The molecule has 19 heavy (non-hydrogen) atoms. The van der Waals surface area contributed by atoms with Crippen LogP contribution in [0.2, 0.25) is 0 Å². The number of anilines is 1. The average Bonchev–Trinajstić information content (AvgIpc) is 2.96. The third kappa shape index (κ3) is 3.46. The lowest BCUT2D eigenvalue weighted by Crippen LogP contribution is -2.20. The molecule has 108 valence electrons. The van der Waals surface area contributed by atoms with E-state index in [1.54, 1.807) is 7.11 Å². The van der Waals surface area contributed by atoms with Crippen molar-refractivity contribution in [2.24, 2.45) is 5.92 Å². The number of nitrogens with zero attached hydrogens (tertiary/aromatic N) is 2. The van der Waals surface area contributed by atoms with Gasteiger partial charge in [-0.2, -0.15) is 0 Å². The zero-order valence-corrected chi connectivity index (χ0v) is 13.2. The number of rotatable bonds is 6. The summed E-state index contributed by atoms with van der Waals surface area (Å²) in [5.41, 5.74) is 1.17. The SMILES string of the molecule is CCNC(C)c1sc(N2CCC(COC)C2)nc1C. The van der Waals surface area contributed by atoms with Crippen LogP contribution < -0.4 is 10.2 Å². The third-order valence-electron chi connectivity index (χ3n) is 3.68. The maximum Gasteiger partial charge on any atom is 0.185 e. The number of hydrogen-bond donors (Lipinski definition) is 1. The molecule has 2 atom stereocenters. The Balaban J connectivity index is 2.04. The van der Waals surface area contributed by atoms with E-state index in [2.05, 4.69) is 31.0 Å². The van der Waals surface area contributed by atoms with Gasteiger partial charge in [-0.3, -0.25) is 0 Å². The van der Waals surface area contributed by atoms with E-state index in [9.17, 15) is 0 Å². The highest BCUT2D eigenvalue weighted by molar-refractivity contribution is 7.15. The number of aryl methyl sites for hydroxylation is 1. The van der Waals surface area contributed by atoms with Crippen LogP contribution in [0.4, 0.5) is 5.13 Å². The average molecular weight is 283 g/mol. The first-order valence-electron chi connectivity index (χ1n) is 7.10. The van der Waals surface area contributed by atoms with E-state index in [-0.39, 0.29) is 0 Å². The molecule has 2 rings (SSSR count). The summed E-state index contributed by atoms with van der Waals surface area (Å²) in [6.45, 7) is 10.5. The summed E-state index contributed by atoms with van der Waals surface area (Å²) in [5.74, 6) is 0.656. The van der Waals surface area contributed by atoms with Gasteiger partial charge in [-0.25, -0.2) is 4.98 Å². The summed E-state index contributed by atoms with van der Waals surface area (Å²) in [5, 5.41) is 4.64. The number of methoxy groups -OCH3 is 1. The van der Waals surface area contributed by atoms with Crippen molar-refractivity contribution in [1.29, 1.82) is 0 Å². The highest BCUT2D eigenvalue weighted by Gasteiger charge is 2.25. The number of nitrogens with one attached hydrogen (secondary N) is 1. The lowest BCUT2D eigenvalue weighted by Gasteiger charge is -2.14. The molecule has 0 aromatic carbocycles. The zero-order valence-electron chi connectivity index (χ0n) is 12.4. The topological polar surface area (TPSA) is 37.4 Å². The zero-order chi connectivity index (χ0) is 13.8. The second-order valence-corrected chi connectivity index (χ2v) is 6.29. The largest absolute Gasteiger partial charge is 0.384 e. The normalized spacial score (nSPS) is 21.1. The number of ether oxygens (including phenoxy) is 1. The summed E-state index contributed by atoms with van der Waals surface area (Å²) >= 11 is 1.84. The fourth-order valence-electron chi connectivity index (χ4n) is 2.71. The molecule has 1 aliphatic rings. The van der Waals surface area contributed by atoms with E-state index >= 15 is 0 Å². The number of aromatic nitrogens is 1. The van der Waals surface area contributed by atoms with Gasteiger partial charge in [0.15, 0.2) is 5.13 Å². The highest BCUT2D eigenvalue weighted by Crippen LogP contribution is 2.33. The molecule has 0 amide bonds. The molecule has 4 nitrogen and oxygen atoms in total. The second kappa shape index (κ2) is 6.68. The lowest BCUT2D eigenvalue weighted by atomic mass is 10.1. The van der Waals surface area contributed by atoms with Crippen molar-refractivity contribution in [2.75, 3.05) is 38.3 Å². The Morgan fingerprint density at radius 2 is 2.37 bits per heavy atom. The van der Waals surface area contributed by atoms with Crippen LogP contribution in [0.3, 0.4) is 0 Å². The molecule has 2 unspecified atom stereocenters. The van der Waals surface area contributed by atoms with Crippen LogP contribution in [-0.2, 0) is 4.74 Å². The molecule has 1 saturated heterocycles. The predicted octanol–water partition coefficient (Wildman–Crippen LogP) is 2.59. The monoisotopic (exact) mass is 283 g/mol. The summed E-state index contributed by atoms with van der Waals surface area (Å²) in [6.07, 6.45) is 1.21. The number of thiazole rings is 1. The molecule has 0 saturated carbocycles. The molecule has 2 heterocycles. The maximum atomic E-state index is 5.26. The van der Waals surface area contributed by atoms with Crippen LogP contribution in [0, 0.1) is 12.8 Å². The van der Waals surface area contributed by atoms with Crippen molar-refractivity contribution in [3.05, 3.63) is 10.6 Å². The molecule has 0 radical (unpaired) electrons. The van der Waals surface area contributed by atoms with Gasteiger partial charge in [-0.1, -0.05) is 6.92 Å². The van der Waals surface area contributed by atoms with Crippen LogP contribution in [0.5, 0.6) is 0 Å². The van der Waals surface area contributed by atoms with Crippen molar-refractivity contribution in [1.82, 2.24) is 10.3 Å². The molecule has 1 N–H and O–H groups in total. The summed E-state index contributed by atoms with van der Waals surface area (Å²) < 4.78 is 5.26. The van der Waals surface area contributed by atoms with E-state index in [1.807, 2.05) is 11.3 Å². The first-order valence-corrected chi connectivity index (χ1v) is 7.92. The summed E-state index contributed by atoms with van der Waals surface area (Å²) in [7, 11) is 1.78. The summed E-state index contributed by atoms with van der Waals surface area (Å²) in [6, 6.07) is 0.397. The molecule has 1 aliphatic heterocycles. The first kappa shape index (κ1) is 14.8. The van der Waals surface area contributed by atoms with Crippen molar-refractivity contribution in [3.63, 3.8) is 0 Å². The minimum absolute atomic E-state index is 0.397. The lowest BCUT2D eigenvalue weighted by molar-refractivity contribution is 0.161. The molecule has 0 aliphatic carbocycles. The quantitative estimate of drug-likeness (QED) is 0.871. The van der Waals surface area contributed by atoms with Gasteiger partial charge in [0.2, 0.25) is 0 Å². The molecular formula is C14H25N3OS. The van der Waals surface area contributed by atoms with E-state index in [0.717, 1.165) is 26.2 Å². The van der Waals surface area contributed by atoms with Crippen molar-refractivity contribution < 1.29 is 4.74 Å². The third-order valence-corrected chi connectivity index (χ3v) is 5.08. The first-order chi connectivity index (χ1) is 9.15. The van der Waals surface area contributed by atoms with Crippen molar-refractivity contribution in [2.45, 2.75) is 33.2 Å². The fourth-order valence-corrected chi connectivity index (χ4v) is 3.84. The Morgan fingerprint density at radius 1 is 1.58 bits per heavy atom. The Morgan fingerprint density at radius 3 is 3.05 bits per heavy atom. The van der Waals surface area contributed by atoms with Crippen LogP contribution in [0.25, 0.3) is 0 Å². The highest BCUT2D eigenvalue weighted by atomic mass is 32.1. The molecule has 1 aromatic rings. The van der Waals surface area contributed by atoms with Crippen molar-refractivity contribution >= 4 is 16.5 Å². The van der Waals surface area contributed by atoms with Gasteiger partial charge in [0, 0.05) is 37.0 Å². The van der Waals surface area contributed by atoms with Gasteiger partial charge < -0.3 is 15.0 Å². The van der Waals surface area contributed by atoms with Crippen molar-refractivity contribution in [3.8, 4) is 0 Å². The smallest absolute Gasteiger partial charge is 0.185 e. The summed E-state index contributed by atoms with van der Waals surface area (Å²) in [4.78, 5) is 8.53. The Kier molecular flexibility index (Phi) is 5.19. The maximum absolute atomic E-state index is 5.26. The molecule has 0 bridgehead atoms. The molecule has 1 fully saturated rings. The molecule has 1 aromatic heterocycles. The van der Waals surface area contributed by atoms with E-state index in [4.69, 9.17) is 9.72 Å².